The first-order chi connectivity index (χ1) is 17.8. The van der Waals surface area contributed by atoms with Gasteiger partial charge < -0.3 is 25.4 Å². The zero-order valence-corrected chi connectivity index (χ0v) is 23.7. The highest BCUT2D eigenvalue weighted by Gasteiger charge is 2.38. The van der Waals surface area contributed by atoms with Crippen molar-refractivity contribution >= 4 is 17.9 Å². The Morgan fingerprint density at radius 3 is 2.21 bits per heavy atom. The van der Waals surface area contributed by atoms with Crippen molar-refractivity contribution < 1.29 is 24.2 Å². The Hall–Kier alpha value is -3.55. The number of nitrogens with one attached hydrogen (secondary N) is 2. The molecule has 0 bridgehead atoms. The van der Waals surface area contributed by atoms with Gasteiger partial charge in [0.15, 0.2) is 0 Å². The quantitative estimate of drug-likeness (QED) is 0.368. The first kappa shape index (κ1) is 30.7. The predicted molar refractivity (Wildman–Crippen MR) is 148 cm³/mol. The van der Waals surface area contributed by atoms with E-state index in [-0.39, 0.29) is 36.1 Å². The lowest BCUT2D eigenvalue weighted by Gasteiger charge is -2.38. The molecule has 0 aliphatic heterocycles. The first-order valence-electron chi connectivity index (χ1n) is 13.2. The predicted octanol–water partition coefficient (Wildman–Crippen LogP) is 5.32. The van der Waals surface area contributed by atoms with E-state index in [0.29, 0.717) is 18.4 Å². The number of carbonyl (C=O) groups excluding carboxylic acids is 3. The number of amides is 3. The molecule has 38 heavy (non-hydrogen) atoms. The minimum Gasteiger partial charge on any atom is -0.508 e. The smallest absolute Gasteiger partial charge is 0.408 e. The Balaban J connectivity index is 2.49. The molecule has 0 fully saturated rings. The van der Waals surface area contributed by atoms with Crippen LogP contribution in [-0.4, -0.2) is 45.6 Å². The van der Waals surface area contributed by atoms with Gasteiger partial charge in [0.05, 0.1) is 0 Å². The average Bonchev–Trinajstić information content (AvgIpc) is 2.83. The van der Waals surface area contributed by atoms with Gasteiger partial charge in [-0.05, 0) is 69.7 Å². The van der Waals surface area contributed by atoms with Crippen molar-refractivity contribution in [3.05, 3.63) is 65.7 Å². The molecule has 208 valence electrons. The highest BCUT2D eigenvalue weighted by Crippen LogP contribution is 2.29. The highest BCUT2D eigenvalue weighted by molar-refractivity contribution is 5.92. The van der Waals surface area contributed by atoms with Gasteiger partial charge in [0.25, 0.3) is 0 Å². The SMILES string of the molecule is CCC(C)N(C(=O)C(CC(C)C)NC(=O)OC(C)(C)C)C(C(=O)NCc1ccccc1)c1cccc(O)c1. The van der Waals surface area contributed by atoms with E-state index in [1.807, 2.05) is 58.0 Å². The summed E-state index contributed by atoms with van der Waals surface area (Å²) in [5.41, 5.74) is 0.666. The standard InChI is InChI=1S/C30H43N3O5/c1-8-21(4)33(28(36)25(17-20(2)3)32-29(37)38-30(5,6)7)26(23-15-12-16-24(34)18-23)27(35)31-19-22-13-10-9-11-14-22/h9-16,18,20-21,25-26,34H,8,17,19H2,1-7H3,(H,31,35)(H,32,37). The zero-order chi connectivity index (χ0) is 28.5. The molecule has 0 radical (unpaired) electrons. The van der Waals surface area contributed by atoms with Crippen molar-refractivity contribution in [2.45, 2.75) is 91.6 Å². The van der Waals surface area contributed by atoms with E-state index in [1.54, 1.807) is 32.9 Å². The van der Waals surface area contributed by atoms with E-state index in [4.69, 9.17) is 4.74 Å². The third-order valence-corrected chi connectivity index (χ3v) is 6.04. The molecule has 2 rings (SSSR count). The van der Waals surface area contributed by atoms with Crippen molar-refractivity contribution in [3.63, 3.8) is 0 Å². The maximum Gasteiger partial charge on any atom is 0.408 e. The van der Waals surface area contributed by atoms with Crippen LogP contribution in [0, 0.1) is 5.92 Å². The number of ether oxygens (including phenoxy) is 1. The van der Waals surface area contributed by atoms with E-state index >= 15 is 0 Å². The molecule has 0 heterocycles. The van der Waals surface area contributed by atoms with Gasteiger partial charge >= 0.3 is 6.09 Å². The first-order valence-corrected chi connectivity index (χ1v) is 13.2. The van der Waals surface area contributed by atoms with Crippen LogP contribution < -0.4 is 10.6 Å². The van der Waals surface area contributed by atoms with E-state index < -0.39 is 23.8 Å². The van der Waals surface area contributed by atoms with E-state index in [9.17, 15) is 19.5 Å². The Bertz CT molecular complexity index is 1070. The summed E-state index contributed by atoms with van der Waals surface area (Å²) in [6.45, 7) is 13.3. The lowest BCUT2D eigenvalue weighted by Crippen LogP contribution is -2.55. The van der Waals surface area contributed by atoms with Crippen LogP contribution in [0.15, 0.2) is 54.6 Å². The number of phenolic OH excluding ortho intramolecular Hbond substituents is 1. The monoisotopic (exact) mass is 525 g/mol. The Labute approximate surface area is 226 Å². The molecule has 8 heteroatoms. The van der Waals surface area contributed by atoms with E-state index in [1.165, 1.54) is 17.0 Å². The van der Waals surface area contributed by atoms with Gasteiger partial charge in [0, 0.05) is 12.6 Å². The number of hydrogen-bond donors (Lipinski definition) is 3. The summed E-state index contributed by atoms with van der Waals surface area (Å²) in [6, 6.07) is 13.6. The number of aromatic hydroxyl groups is 1. The van der Waals surface area contributed by atoms with Crippen molar-refractivity contribution in [3.8, 4) is 5.75 Å². The molecule has 0 aliphatic carbocycles. The summed E-state index contributed by atoms with van der Waals surface area (Å²) in [5.74, 6) is -0.690. The minimum absolute atomic E-state index is 0.00878. The van der Waals surface area contributed by atoms with Gasteiger partial charge in [0.1, 0.15) is 23.4 Å². The minimum atomic E-state index is -1.02. The van der Waals surface area contributed by atoms with Gasteiger partial charge in [-0.3, -0.25) is 9.59 Å². The molecule has 0 saturated carbocycles. The van der Waals surface area contributed by atoms with E-state index in [0.717, 1.165) is 5.56 Å². The van der Waals surface area contributed by atoms with Crippen LogP contribution in [0.3, 0.4) is 0 Å². The molecular formula is C30H43N3O5. The molecular weight excluding hydrogens is 482 g/mol. The third-order valence-electron chi connectivity index (χ3n) is 6.04. The Morgan fingerprint density at radius 1 is 1.00 bits per heavy atom. The largest absolute Gasteiger partial charge is 0.508 e. The summed E-state index contributed by atoms with van der Waals surface area (Å²) < 4.78 is 5.43. The Kier molecular flexibility index (Phi) is 11.2. The second-order valence-electron chi connectivity index (χ2n) is 11.0. The summed E-state index contributed by atoms with van der Waals surface area (Å²) in [7, 11) is 0. The number of carbonyl (C=O) groups is 3. The van der Waals surface area contributed by atoms with Crippen LogP contribution in [0.2, 0.25) is 0 Å². The van der Waals surface area contributed by atoms with Crippen LogP contribution in [0.4, 0.5) is 4.79 Å². The molecule has 3 unspecified atom stereocenters. The molecule has 8 nitrogen and oxygen atoms in total. The van der Waals surface area contributed by atoms with Crippen LogP contribution in [-0.2, 0) is 20.9 Å². The van der Waals surface area contributed by atoms with Crippen LogP contribution in [0.1, 0.15) is 78.5 Å². The average molecular weight is 526 g/mol. The molecule has 0 aliphatic rings. The highest BCUT2D eigenvalue weighted by atomic mass is 16.6. The van der Waals surface area contributed by atoms with Gasteiger partial charge in [-0.15, -0.1) is 0 Å². The van der Waals surface area contributed by atoms with Gasteiger partial charge in [-0.1, -0.05) is 63.2 Å². The van der Waals surface area contributed by atoms with Crippen molar-refractivity contribution in [2.24, 2.45) is 5.92 Å². The fourth-order valence-corrected chi connectivity index (χ4v) is 4.13. The second-order valence-corrected chi connectivity index (χ2v) is 11.0. The number of phenols is 1. The van der Waals surface area contributed by atoms with Crippen LogP contribution in [0.5, 0.6) is 5.75 Å². The number of nitrogens with zero attached hydrogens (tertiary/aromatic N) is 1. The summed E-state index contributed by atoms with van der Waals surface area (Å²) in [5, 5.41) is 15.9. The second kappa shape index (κ2) is 13.8. The number of rotatable bonds is 11. The number of hydrogen-bond acceptors (Lipinski definition) is 5. The fourth-order valence-electron chi connectivity index (χ4n) is 4.13. The number of alkyl carbamates (subject to hydrolysis) is 1. The maximum atomic E-state index is 14.2. The summed E-state index contributed by atoms with van der Waals surface area (Å²) in [4.78, 5) is 42.1. The molecule has 2 aromatic carbocycles. The zero-order valence-electron chi connectivity index (χ0n) is 23.7. The summed E-state index contributed by atoms with van der Waals surface area (Å²) >= 11 is 0. The van der Waals surface area contributed by atoms with Gasteiger partial charge in [0.2, 0.25) is 11.8 Å². The fraction of sp³-hybridized carbons (Fsp3) is 0.500. The van der Waals surface area contributed by atoms with Crippen LogP contribution >= 0.6 is 0 Å². The van der Waals surface area contributed by atoms with Crippen molar-refractivity contribution in [2.75, 3.05) is 0 Å². The normalized spacial score (nSPS) is 13.8. The molecule has 2 aromatic rings. The third kappa shape index (κ3) is 9.39. The molecule has 0 aromatic heterocycles. The Morgan fingerprint density at radius 2 is 1.66 bits per heavy atom. The topological polar surface area (TPSA) is 108 Å². The molecule has 3 amide bonds. The van der Waals surface area contributed by atoms with Crippen molar-refractivity contribution in [1.82, 2.24) is 15.5 Å². The summed E-state index contributed by atoms with van der Waals surface area (Å²) in [6.07, 6.45) is 0.250. The molecule has 3 N–H and O–H groups in total. The molecule has 0 spiro atoms. The van der Waals surface area contributed by atoms with Crippen molar-refractivity contribution in [1.29, 1.82) is 0 Å². The van der Waals surface area contributed by atoms with Gasteiger partial charge in [-0.25, -0.2) is 4.79 Å². The van der Waals surface area contributed by atoms with Crippen LogP contribution in [0.25, 0.3) is 0 Å². The molecule has 0 saturated heterocycles. The maximum absolute atomic E-state index is 14.2. The van der Waals surface area contributed by atoms with Gasteiger partial charge in [-0.2, -0.15) is 0 Å². The van der Waals surface area contributed by atoms with E-state index in [2.05, 4.69) is 10.6 Å². The lowest BCUT2D eigenvalue weighted by molar-refractivity contribution is -0.145. The molecule has 3 atom stereocenters. The number of benzene rings is 2. The lowest BCUT2D eigenvalue weighted by atomic mass is 9.97.